The molecule has 0 unspecified atom stereocenters. The highest BCUT2D eigenvalue weighted by Crippen LogP contribution is 2.25. The highest BCUT2D eigenvalue weighted by molar-refractivity contribution is 7.99. The Labute approximate surface area is 166 Å². The Morgan fingerprint density at radius 3 is 2.71 bits per heavy atom. The quantitative estimate of drug-likeness (QED) is 0.508. The molecule has 4 rings (SSSR count). The summed E-state index contributed by atoms with van der Waals surface area (Å²) in [5.74, 6) is 0.970. The first kappa shape index (κ1) is 18.2. The number of aromatic nitrogens is 5. The van der Waals surface area contributed by atoms with Gasteiger partial charge in [0.1, 0.15) is 0 Å². The SMILES string of the molecule is CCn1c(SCC(=O)Nc2cccc3ncn(C)c23)nnc1-c1ccccc1. The lowest BCUT2D eigenvalue weighted by Crippen LogP contribution is -2.15. The van der Waals surface area contributed by atoms with E-state index in [0.29, 0.717) is 0 Å². The Morgan fingerprint density at radius 2 is 1.93 bits per heavy atom. The molecular weight excluding hydrogens is 372 g/mol. The molecule has 1 amide bonds. The third-order valence-corrected chi connectivity index (χ3v) is 5.38. The minimum absolute atomic E-state index is 0.0920. The van der Waals surface area contributed by atoms with E-state index in [1.807, 2.05) is 71.6 Å². The number of hydrogen-bond donors (Lipinski definition) is 1. The lowest BCUT2D eigenvalue weighted by Gasteiger charge is -2.09. The largest absolute Gasteiger partial charge is 0.332 e. The fourth-order valence-electron chi connectivity index (χ4n) is 3.11. The van der Waals surface area contributed by atoms with Gasteiger partial charge >= 0.3 is 0 Å². The first-order valence-electron chi connectivity index (χ1n) is 8.98. The predicted molar refractivity (Wildman–Crippen MR) is 111 cm³/mol. The van der Waals surface area contributed by atoms with E-state index in [0.717, 1.165) is 39.8 Å². The molecule has 0 saturated carbocycles. The van der Waals surface area contributed by atoms with Gasteiger partial charge in [-0.3, -0.25) is 4.79 Å². The molecule has 142 valence electrons. The summed E-state index contributed by atoms with van der Waals surface area (Å²) in [4.78, 5) is 16.8. The van der Waals surface area contributed by atoms with Gasteiger partial charge in [-0.25, -0.2) is 4.98 Å². The number of fused-ring (bicyclic) bond motifs is 1. The zero-order valence-electron chi connectivity index (χ0n) is 15.7. The molecule has 7 nitrogen and oxygen atoms in total. The van der Waals surface area contributed by atoms with Gasteiger partial charge in [-0.05, 0) is 19.1 Å². The molecule has 4 aromatic rings. The van der Waals surface area contributed by atoms with Crippen LogP contribution in [0.5, 0.6) is 0 Å². The zero-order valence-corrected chi connectivity index (χ0v) is 16.5. The lowest BCUT2D eigenvalue weighted by atomic mass is 10.2. The highest BCUT2D eigenvalue weighted by Gasteiger charge is 2.15. The van der Waals surface area contributed by atoms with Crippen LogP contribution in [0, 0.1) is 0 Å². The third kappa shape index (κ3) is 3.50. The number of benzene rings is 2. The van der Waals surface area contributed by atoms with Gasteiger partial charge < -0.3 is 14.5 Å². The van der Waals surface area contributed by atoms with Crippen molar-refractivity contribution < 1.29 is 4.79 Å². The van der Waals surface area contributed by atoms with Crippen molar-refractivity contribution >= 4 is 34.4 Å². The van der Waals surface area contributed by atoms with Crippen molar-refractivity contribution in [3.63, 3.8) is 0 Å². The van der Waals surface area contributed by atoms with Crippen LogP contribution in [-0.4, -0.2) is 36.0 Å². The number of anilines is 1. The topological polar surface area (TPSA) is 77.6 Å². The second-order valence-electron chi connectivity index (χ2n) is 6.28. The number of carbonyl (C=O) groups is 1. The fourth-order valence-corrected chi connectivity index (χ4v) is 3.91. The lowest BCUT2D eigenvalue weighted by molar-refractivity contribution is -0.113. The smallest absolute Gasteiger partial charge is 0.234 e. The molecule has 0 radical (unpaired) electrons. The maximum atomic E-state index is 12.5. The number of carbonyl (C=O) groups excluding carboxylic acids is 1. The summed E-state index contributed by atoms with van der Waals surface area (Å²) in [7, 11) is 1.91. The average molecular weight is 392 g/mol. The van der Waals surface area contributed by atoms with E-state index in [9.17, 15) is 4.79 Å². The van der Waals surface area contributed by atoms with Crippen LogP contribution in [0.3, 0.4) is 0 Å². The van der Waals surface area contributed by atoms with Gasteiger partial charge in [0.25, 0.3) is 0 Å². The van der Waals surface area contributed by atoms with Crippen molar-refractivity contribution in [2.75, 3.05) is 11.1 Å². The van der Waals surface area contributed by atoms with Crippen molar-refractivity contribution in [1.82, 2.24) is 24.3 Å². The van der Waals surface area contributed by atoms with Crippen LogP contribution in [0.2, 0.25) is 0 Å². The number of amides is 1. The number of thioether (sulfide) groups is 1. The number of rotatable bonds is 6. The first-order chi connectivity index (χ1) is 13.7. The molecule has 2 aromatic carbocycles. The van der Waals surface area contributed by atoms with Gasteiger partial charge in [-0.15, -0.1) is 10.2 Å². The summed E-state index contributed by atoms with van der Waals surface area (Å²) in [5.41, 5.74) is 3.52. The molecule has 0 aliphatic rings. The molecule has 8 heteroatoms. The molecule has 0 saturated heterocycles. The predicted octanol–water partition coefficient (Wildman–Crippen LogP) is 3.58. The number of aryl methyl sites for hydroxylation is 1. The number of nitrogens with zero attached hydrogens (tertiary/aromatic N) is 5. The van der Waals surface area contributed by atoms with Crippen LogP contribution in [0.4, 0.5) is 5.69 Å². The second kappa shape index (κ2) is 7.85. The number of hydrogen-bond acceptors (Lipinski definition) is 5. The van der Waals surface area contributed by atoms with Crippen LogP contribution in [0.25, 0.3) is 22.4 Å². The van der Waals surface area contributed by atoms with Crippen LogP contribution in [0.1, 0.15) is 6.92 Å². The van der Waals surface area contributed by atoms with Crippen molar-refractivity contribution in [2.45, 2.75) is 18.6 Å². The van der Waals surface area contributed by atoms with E-state index in [4.69, 9.17) is 0 Å². The number of nitrogens with one attached hydrogen (secondary N) is 1. The van der Waals surface area contributed by atoms with Crippen LogP contribution in [-0.2, 0) is 18.4 Å². The van der Waals surface area contributed by atoms with Crippen molar-refractivity contribution in [3.05, 3.63) is 54.9 Å². The minimum Gasteiger partial charge on any atom is -0.332 e. The van der Waals surface area contributed by atoms with Gasteiger partial charge in [0.05, 0.1) is 28.8 Å². The standard InChI is InChI=1S/C20H20N6OS/c1-3-26-19(14-8-5-4-6-9-14)23-24-20(26)28-12-17(27)22-16-11-7-10-15-18(16)25(2)13-21-15/h4-11,13H,3,12H2,1-2H3,(H,22,27). The number of para-hydroxylation sites is 1. The average Bonchev–Trinajstić information content (AvgIpc) is 3.31. The van der Waals surface area contributed by atoms with Crippen molar-refractivity contribution in [1.29, 1.82) is 0 Å². The van der Waals surface area contributed by atoms with Gasteiger partial charge in [-0.2, -0.15) is 0 Å². The van der Waals surface area contributed by atoms with Crippen molar-refractivity contribution in [2.24, 2.45) is 7.05 Å². The summed E-state index contributed by atoms with van der Waals surface area (Å²) < 4.78 is 3.92. The second-order valence-corrected chi connectivity index (χ2v) is 7.22. The summed E-state index contributed by atoms with van der Waals surface area (Å²) in [5, 5.41) is 12.3. The van der Waals surface area contributed by atoms with E-state index in [-0.39, 0.29) is 11.7 Å². The maximum absolute atomic E-state index is 12.5. The summed E-state index contributed by atoms with van der Waals surface area (Å²) in [6.45, 7) is 2.78. The van der Waals surface area contributed by atoms with E-state index in [2.05, 4.69) is 20.5 Å². The normalized spacial score (nSPS) is 11.1. The molecule has 0 aliphatic heterocycles. The number of imidazole rings is 1. The van der Waals surface area contributed by atoms with E-state index >= 15 is 0 Å². The Balaban J connectivity index is 1.48. The van der Waals surface area contributed by atoms with Crippen molar-refractivity contribution in [3.8, 4) is 11.4 Å². The monoisotopic (exact) mass is 392 g/mol. The molecule has 0 atom stereocenters. The Bertz CT molecular complexity index is 1120. The maximum Gasteiger partial charge on any atom is 0.234 e. The molecule has 2 aromatic heterocycles. The molecule has 1 N–H and O–H groups in total. The molecular formula is C20H20N6OS. The Hall–Kier alpha value is -3.13. The van der Waals surface area contributed by atoms with E-state index < -0.39 is 0 Å². The van der Waals surface area contributed by atoms with Gasteiger partial charge in [0.2, 0.25) is 5.91 Å². The van der Waals surface area contributed by atoms with Crippen LogP contribution in [0.15, 0.2) is 60.0 Å². The minimum atomic E-state index is -0.0920. The molecule has 0 spiro atoms. The Kier molecular flexibility index (Phi) is 5.12. The van der Waals surface area contributed by atoms with Gasteiger partial charge in [0.15, 0.2) is 11.0 Å². The summed E-state index contributed by atoms with van der Waals surface area (Å²) >= 11 is 1.38. The molecule has 28 heavy (non-hydrogen) atoms. The fraction of sp³-hybridized carbons (Fsp3) is 0.200. The van der Waals surface area contributed by atoms with Crippen LogP contribution < -0.4 is 5.32 Å². The first-order valence-corrected chi connectivity index (χ1v) is 9.97. The molecule has 0 aliphatic carbocycles. The van der Waals surface area contributed by atoms with Crippen LogP contribution >= 0.6 is 11.8 Å². The molecule has 0 bridgehead atoms. The van der Waals surface area contributed by atoms with Gasteiger partial charge in [0, 0.05) is 19.2 Å². The molecule has 0 fully saturated rings. The summed E-state index contributed by atoms with van der Waals surface area (Å²) in [6.07, 6.45) is 1.74. The highest BCUT2D eigenvalue weighted by atomic mass is 32.2. The zero-order chi connectivity index (χ0) is 19.5. The Morgan fingerprint density at radius 1 is 1.11 bits per heavy atom. The third-order valence-electron chi connectivity index (χ3n) is 4.41. The van der Waals surface area contributed by atoms with Gasteiger partial charge in [-0.1, -0.05) is 48.2 Å². The van der Waals surface area contributed by atoms with E-state index in [1.54, 1.807) is 6.33 Å². The van der Waals surface area contributed by atoms with E-state index in [1.165, 1.54) is 11.8 Å². The summed E-state index contributed by atoms with van der Waals surface area (Å²) in [6, 6.07) is 15.6. The molecule has 2 heterocycles.